The van der Waals surface area contributed by atoms with E-state index in [2.05, 4.69) is 21.8 Å². The van der Waals surface area contributed by atoms with Gasteiger partial charge in [-0.15, -0.1) is 0 Å². The third kappa shape index (κ3) is 3.45. The molecule has 0 bridgehead atoms. The van der Waals surface area contributed by atoms with Crippen molar-refractivity contribution < 1.29 is 14.3 Å². The molecular formula is C17H26N4O3. The van der Waals surface area contributed by atoms with Crippen LogP contribution in [0.2, 0.25) is 0 Å². The number of imidazole rings is 1. The lowest BCUT2D eigenvalue weighted by Gasteiger charge is -2.34. The molecule has 1 N–H and O–H groups in total. The van der Waals surface area contributed by atoms with E-state index in [1.165, 1.54) is 0 Å². The molecule has 1 aliphatic heterocycles. The predicted octanol–water partition coefficient (Wildman–Crippen LogP) is 0.747. The van der Waals surface area contributed by atoms with Crippen molar-refractivity contribution in [3.63, 3.8) is 0 Å². The number of amides is 2. The molecule has 1 fully saturated rings. The zero-order valence-corrected chi connectivity index (χ0v) is 14.6. The molecule has 24 heavy (non-hydrogen) atoms. The van der Waals surface area contributed by atoms with E-state index in [1.807, 2.05) is 18.0 Å². The summed E-state index contributed by atoms with van der Waals surface area (Å²) in [5, 5.41) is 2.80. The standard InChI is InChI=1S/C17H26N4O3/c1-11-8-14(11)17(23)21-6-5-20-10-13(19-16(20)12(21)2)9-15(22)18-4-7-24-3/h10-12,14H,4-9H2,1-3H3,(H,18,22). The van der Waals surface area contributed by atoms with Crippen LogP contribution in [0.5, 0.6) is 0 Å². The lowest BCUT2D eigenvalue weighted by molar-refractivity contribution is -0.136. The number of fused-ring (bicyclic) bond motifs is 1. The Bertz CT molecular complexity index is 627. The number of ether oxygens (including phenoxy) is 1. The molecule has 2 aliphatic rings. The number of nitrogens with zero attached hydrogens (tertiary/aromatic N) is 3. The highest BCUT2D eigenvalue weighted by molar-refractivity contribution is 5.82. The Morgan fingerprint density at radius 1 is 1.38 bits per heavy atom. The molecular weight excluding hydrogens is 308 g/mol. The van der Waals surface area contributed by atoms with E-state index >= 15 is 0 Å². The van der Waals surface area contributed by atoms with Crippen molar-refractivity contribution in [2.75, 3.05) is 26.8 Å². The second kappa shape index (κ2) is 6.93. The van der Waals surface area contributed by atoms with Gasteiger partial charge in [0.2, 0.25) is 11.8 Å². The minimum atomic E-state index is -0.0603. The molecule has 132 valence electrons. The van der Waals surface area contributed by atoms with Crippen molar-refractivity contribution >= 4 is 11.8 Å². The van der Waals surface area contributed by atoms with Gasteiger partial charge in [0.15, 0.2) is 0 Å². The van der Waals surface area contributed by atoms with E-state index in [1.54, 1.807) is 7.11 Å². The largest absolute Gasteiger partial charge is 0.383 e. The van der Waals surface area contributed by atoms with Crippen LogP contribution < -0.4 is 5.32 Å². The fourth-order valence-corrected chi connectivity index (χ4v) is 3.33. The summed E-state index contributed by atoms with van der Waals surface area (Å²) in [5.74, 6) is 1.78. The maximum atomic E-state index is 12.5. The number of aromatic nitrogens is 2. The third-order valence-corrected chi connectivity index (χ3v) is 4.96. The summed E-state index contributed by atoms with van der Waals surface area (Å²) in [5.41, 5.74) is 0.751. The van der Waals surface area contributed by atoms with Crippen LogP contribution in [0.1, 0.15) is 37.8 Å². The van der Waals surface area contributed by atoms with E-state index in [9.17, 15) is 9.59 Å². The SMILES string of the molecule is COCCNC(=O)Cc1cn2c(n1)C(C)N(C(=O)C1CC1C)CC2. The summed E-state index contributed by atoms with van der Waals surface area (Å²) >= 11 is 0. The molecule has 7 nitrogen and oxygen atoms in total. The summed E-state index contributed by atoms with van der Waals surface area (Å²) < 4.78 is 6.99. The van der Waals surface area contributed by atoms with Gasteiger partial charge in [-0.2, -0.15) is 0 Å². The summed E-state index contributed by atoms with van der Waals surface area (Å²) in [6, 6.07) is -0.0376. The number of nitrogens with one attached hydrogen (secondary N) is 1. The van der Waals surface area contributed by atoms with Gasteiger partial charge in [0.05, 0.1) is 24.8 Å². The Balaban J connectivity index is 1.63. The second-order valence-corrected chi connectivity index (χ2v) is 6.83. The number of rotatable bonds is 6. The monoisotopic (exact) mass is 334 g/mol. The molecule has 1 aromatic rings. The van der Waals surface area contributed by atoms with Crippen molar-refractivity contribution in [1.82, 2.24) is 19.8 Å². The smallest absolute Gasteiger partial charge is 0.226 e. The first-order valence-corrected chi connectivity index (χ1v) is 8.63. The minimum absolute atomic E-state index is 0.0376. The summed E-state index contributed by atoms with van der Waals surface area (Å²) in [6.45, 7) is 6.60. The Morgan fingerprint density at radius 2 is 2.12 bits per heavy atom. The maximum absolute atomic E-state index is 12.5. The summed E-state index contributed by atoms with van der Waals surface area (Å²) in [7, 11) is 1.60. The van der Waals surface area contributed by atoms with Crippen molar-refractivity contribution in [3.8, 4) is 0 Å². The van der Waals surface area contributed by atoms with Gasteiger partial charge < -0.3 is 19.5 Å². The summed E-state index contributed by atoms with van der Waals surface area (Å²) in [6.07, 6.45) is 3.19. The third-order valence-electron chi connectivity index (χ3n) is 4.96. The zero-order chi connectivity index (χ0) is 17.3. The second-order valence-electron chi connectivity index (χ2n) is 6.83. The van der Waals surface area contributed by atoms with Gasteiger partial charge in [0.1, 0.15) is 5.82 Å². The van der Waals surface area contributed by atoms with E-state index in [4.69, 9.17) is 4.74 Å². The highest BCUT2D eigenvalue weighted by Crippen LogP contribution is 2.41. The highest BCUT2D eigenvalue weighted by Gasteiger charge is 2.43. The Morgan fingerprint density at radius 3 is 2.79 bits per heavy atom. The average Bonchev–Trinajstić information content (AvgIpc) is 3.12. The fourth-order valence-electron chi connectivity index (χ4n) is 3.33. The number of hydrogen-bond donors (Lipinski definition) is 1. The number of hydrogen-bond acceptors (Lipinski definition) is 4. The average molecular weight is 334 g/mol. The van der Waals surface area contributed by atoms with Gasteiger partial charge in [0, 0.05) is 38.9 Å². The van der Waals surface area contributed by atoms with Gasteiger partial charge in [-0.05, 0) is 19.3 Å². The Kier molecular flexibility index (Phi) is 4.89. The van der Waals surface area contributed by atoms with Gasteiger partial charge in [0.25, 0.3) is 0 Å². The first-order chi connectivity index (χ1) is 11.5. The van der Waals surface area contributed by atoms with Crippen molar-refractivity contribution in [2.24, 2.45) is 11.8 Å². The van der Waals surface area contributed by atoms with E-state index in [0.717, 1.165) is 24.5 Å². The van der Waals surface area contributed by atoms with Gasteiger partial charge >= 0.3 is 0 Å². The van der Waals surface area contributed by atoms with Crippen molar-refractivity contribution in [3.05, 3.63) is 17.7 Å². The molecule has 3 unspecified atom stereocenters. The molecule has 0 radical (unpaired) electrons. The predicted molar refractivity (Wildman–Crippen MR) is 88.2 cm³/mol. The summed E-state index contributed by atoms with van der Waals surface area (Å²) in [4.78, 5) is 31.0. The van der Waals surface area contributed by atoms with Crippen LogP contribution in [0.3, 0.4) is 0 Å². The quantitative estimate of drug-likeness (QED) is 0.779. The molecule has 0 aromatic carbocycles. The molecule has 2 amide bonds. The van der Waals surface area contributed by atoms with Crippen molar-refractivity contribution in [1.29, 1.82) is 0 Å². The van der Waals surface area contributed by atoms with Crippen LogP contribution in [0.15, 0.2) is 6.20 Å². The molecule has 3 rings (SSSR count). The normalized spacial score (nSPS) is 25.3. The van der Waals surface area contributed by atoms with Crippen LogP contribution in [-0.4, -0.2) is 53.1 Å². The van der Waals surface area contributed by atoms with Gasteiger partial charge in [-0.1, -0.05) is 6.92 Å². The zero-order valence-electron chi connectivity index (χ0n) is 14.6. The number of carbonyl (C=O) groups is 2. The molecule has 1 aromatic heterocycles. The van der Waals surface area contributed by atoms with E-state index in [0.29, 0.717) is 25.6 Å². The minimum Gasteiger partial charge on any atom is -0.383 e. The molecule has 7 heteroatoms. The van der Waals surface area contributed by atoms with Crippen LogP contribution >= 0.6 is 0 Å². The van der Waals surface area contributed by atoms with Crippen LogP contribution in [0.25, 0.3) is 0 Å². The molecule has 0 saturated heterocycles. The Hall–Kier alpha value is -1.89. The lowest BCUT2D eigenvalue weighted by Crippen LogP contribution is -2.42. The number of methoxy groups -OCH3 is 1. The number of carbonyl (C=O) groups excluding carboxylic acids is 2. The molecule has 3 atom stereocenters. The first-order valence-electron chi connectivity index (χ1n) is 8.63. The highest BCUT2D eigenvalue weighted by atomic mass is 16.5. The van der Waals surface area contributed by atoms with Crippen LogP contribution in [0, 0.1) is 11.8 Å². The molecule has 2 heterocycles. The topological polar surface area (TPSA) is 76.5 Å². The van der Waals surface area contributed by atoms with Crippen LogP contribution in [0.4, 0.5) is 0 Å². The first kappa shape index (κ1) is 17.0. The molecule has 1 aliphatic carbocycles. The Labute approximate surface area is 142 Å². The van der Waals surface area contributed by atoms with Gasteiger partial charge in [-0.25, -0.2) is 4.98 Å². The molecule has 0 spiro atoms. The van der Waals surface area contributed by atoms with Crippen molar-refractivity contribution in [2.45, 2.75) is 39.3 Å². The van der Waals surface area contributed by atoms with E-state index < -0.39 is 0 Å². The maximum Gasteiger partial charge on any atom is 0.226 e. The fraction of sp³-hybridized carbons (Fsp3) is 0.706. The van der Waals surface area contributed by atoms with Gasteiger partial charge in [-0.3, -0.25) is 9.59 Å². The van der Waals surface area contributed by atoms with E-state index in [-0.39, 0.29) is 30.2 Å². The molecule has 1 saturated carbocycles. The lowest BCUT2D eigenvalue weighted by atomic mass is 10.1. The van der Waals surface area contributed by atoms with Crippen LogP contribution in [-0.2, 0) is 27.3 Å².